The van der Waals surface area contributed by atoms with Gasteiger partial charge in [-0.2, -0.15) is 0 Å². The lowest BCUT2D eigenvalue weighted by molar-refractivity contribution is -0.122. The van der Waals surface area contributed by atoms with Gasteiger partial charge in [0.2, 0.25) is 5.91 Å². The maximum Gasteiger partial charge on any atom is 0.235 e. The molecule has 0 fully saturated rings. The standard InChI is InChI=1S/C14H19Br2NO/c1-13(2,16)11(15)12(18)17-14(3,4)10-8-6-5-7-9-10/h5-9,11H,1-4H3,(H,17,18). The first kappa shape index (κ1) is 15.7. The second-order valence-corrected chi connectivity index (χ2v) is 8.37. The van der Waals surface area contributed by atoms with Crippen LogP contribution in [0, 0.1) is 0 Å². The van der Waals surface area contributed by atoms with Crippen molar-refractivity contribution in [3.05, 3.63) is 35.9 Å². The van der Waals surface area contributed by atoms with Crippen LogP contribution >= 0.6 is 31.9 Å². The molecule has 1 unspecified atom stereocenters. The van der Waals surface area contributed by atoms with Gasteiger partial charge >= 0.3 is 0 Å². The molecule has 0 heterocycles. The van der Waals surface area contributed by atoms with Gasteiger partial charge in [0.1, 0.15) is 4.83 Å². The summed E-state index contributed by atoms with van der Waals surface area (Å²) in [6, 6.07) is 9.95. The van der Waals surface area contributed by atoms with Gasteiger partial charge in [0.05, 0.1) is 5.54 Å². The Morgan fingerprint density at radius 1 is 1.17 bits per heavy atom. The van der Waals surface area contributed by atoms with E-state index in [4.69, 9.17) is 0 Å². The summed E-state index contributed by atoms with van der Waals surface area (Å²) >= 11 is 6.93. The highest BCUT2D eigenvalue weighted by molar-refractivity contribution is 9.12. The van der Waals surface area contributed by atoms with Crippen LogP contribution in [-0.4, -0.2) is 15.1 Å². The maximum atomic E-state index is 12.2. The Hall–Kier alpha value is -0.350. The number of amides is 1. The molecule has 0 saturated heterocycles. The van der Waals surface area contributed by atoms with Crippen molar-refractivity contribution in [2.75, 3.05) is 0 Å². The molecule has 2 nitrogen and oxygen atoms in total. The number of carbonyl (C=O) groups is 1. The third kappa shape index (κ3) is 4.09. The van der Waals surface area contributed by atoms with E-state index in [-0.39, 0.29) is 20.6 Å². The Balaban J connectivity index is 2.81. The van der Waals surface area contributed by atoms with E-state index in [0.29, 0.717) is 0 Å². The van der Waals surface area contributed by atoms with Crippen LogP contribution in [0.15, 0.2) is 30.3 Å². The predicted octanol–water partition coefficient (Wildman–Crippen LogP) is 3.97. The molecule has 0 aliphatic rings. The summed E-state index contributed by atoms with van der Waals surface area (Å²) in [4.78, 5) is 11.9. The third-order valence-corrected chi connectivity index (χ3v) is 5.40. The van der Waals surface area contributed by atoms with Gasteiger partial charge in [-0.1, -0.05) is 62.2 Å². The summed E-state index contributed by atoms with van der Waals surface area (Å²) in [5.41, 5.74) is 0.702. The molecule has 100 valence electrons. The molecule has 1 rings (SSSR count). The summed E-state index contributed by atoms with van der Waals surface area (Å²) in [7, 11) is 0. The lowest BCUT2D eigenvalue weighted by Crippen LogP contribution is -2.48. The van der Waals surface area contributed by atoms with E-state index in [1.165, 1.54) is 0 Å². The van der Waals surface area contributed by atoms with Gasteiger partial charge in [0, 0.05) is 4.32 Å². The lowest BCUT2D eigenvalue weighted by atomic mass is 9.94. The number of halogens is 2. The molecule has 1 aromatic carbocycles. The highest BCUT2D eigenvalue weighted by atomic mass is 79.9. The van der Waals surface area contributed by atoms with Crippen LogP contribution in [0.2, 0.25) is 0 Å². The molecule has 1 amide bonds. The van der Waals surface area contributed by atoms with E-state index in [0.717, 1.165) is 5.56 Å². The van der Waals surface area contributed by atoms with Crippen molar-refractivity contribution in [2.24, 2.45) is 0 Å². The molecule has 4 heteroatoms. The van der Waals surface area contributed by atoms with E-state index < -0.39 is 0 Å². The number of benzene rings is 1. The lowest BCUT2D eigenvalue weighted by Gasteiger charge is -2.31. The van der Waals surface area contributed by atoms with Crippen LogP contribution in [0.4, 0.5) is 0 Å². The van der Waals surface area contributed by atoms with Gasteiger partial charge in [-0.05, 0) is 33.3 Å². The fourth-order valence-electron chi connectivity index (χ4n) is 1.61. The van der Waals surface area contributed by atoms with Gasteiger partial charge < -0.3 is 5.32 Å². The minimum atomic E-state index is -0.386. The molecule has 0 aromatic heterocycles. The minimum absolute atomic E-state index is 0.0225. The molecular weight excluding hydrogens is 358 g/mol. The summed E-state index contributed by atoms with van der Waals surface area (Å²) in [5.74, 6) is -0.0225. The molecule has 1 N–H and O–H groups in total. The average Bonchev–Trinajstić information content (AvgIpc) is 2.27. The normalized spacial score (nSPS) is 14.1. The molecule has 0 spiro atoms. The number of rotatable bonds is 4. The molecular formula is C14H19Br2NO. The van der Waals surface area contributed by atoms with Crippen LogP contribution in [-0.2, 0) is 10.3 Å². The number of alkyl halides is 2. The van der Waals surface area contributed by atoms with Crippen molar-refractivity contribution in [2.45, 2.75) is 42.4 Å². The molecule has 0 radical (unpaired) electrons. The van der Waals surface area contributed by atoms with Gasteiger partial charge in [-0.3, -0.25) is 4.79 Å². The van der Waals surface area contributed by atoms with E-state index in [9.17, 15) is 4.79 Å². The van der Waals surface area contributed by atoms with Gasteiger partial charge in [-0.15, -0.1) is 0 Å². The molecule has 0 bridgehead atoms. The zero-order chi connectivity index (χ0) is 14.0. The SMILES string of the molecule is CC(C)(NC(=O)C(Br)C(C)(C)Br)c1ccccc1. The number of hydrogen-bond donors (Lipinski definition) is 1. The van der Waals surface area contributed by atoms with Crippen LogP contribution in [0.3, 0.4) is 0 Å². The number of hydrogen-bond acceptors (Lipinski definition) is 1. The molecule has 0 aliphatic carbocycles. The third-order valence-electron chi connectivity index (χ3n) is 2.76. The summed E-state index contributed by atoms with van der Waals surface area (Å²) < 4.78 is -0.288. The zero-order valence-corrected chi connectivity index (χ0v) is 14.3. The van der Waals surface area contributed by atoms with Gasteiger partial charge in [0.15, 0.2) is 0 Å². The number of carbonyl (C=O) groups excluding carboxylic acids is 1. The summed E-state index contributed by atoms with van der Waals surface area (Å²) in [6.45, 7) is 7.92. The van der Waals surface area contributed by atoms with Gasteiger partial charge in [0.25, 0.3) is 0 Å². The van der Waals surface area contributed by atoms with E-state index in [2.05, 4.69) is 37.2 Å². The molecule has 1 atom stereocenters. The second kappa shape index (κ2) is 5.74. The maximum absolute atomic E-state index is 12.2. The topological polar surface area (TPSA) is 29.1 Å². The monoisotopic (exact) mass is 375 g/mol. The smallest absolute Gasteiger partial charge is 0.235 e. The Morgan fingerprint density at radius 2 is 1.67 bits per heavy atom. The van der Waals surface area contributed by atoms with Crippen LogP contribution in [0.25, 0.3) is 0 Å². The van der Waals surface area contributed by atoms with Crippen molar-refractivity contribution < 1.29 is 4.79 Å². The fraction of sp³-hybridized carbons (Fsp3) is 0.500. The molecule has 18 heavy (non-hydrogen) atoms. The first-order chi connectivity index (χ1) is 8.14. The quantitative estimate of drug-likeness (QED) is 0.791. The van der Waals surface area contributed by atoms with Crippen molar-refractivity contribution in [1.29, 1.82) is 0 Å². The predicted molar refractivity (Wildman–Crippen MR) is 83.3 cm³/mol. The van der Waals surface area contributed by atoms with E-state index in [1.54, 1.807) is 0 Å². The van der Waals surface area contributed by atoms with E-state index >= 15 is 0 Å². The second-order valence-electron chi connectivity index (χ2n) is 5.41. The van der Waals surface area contributed by atoms with Crippen molar-refractivity contribution in [3.63, 3.8) is 0 Å². The van der Waals surface area contributed by atoms with Crippen molar-refractivity contribution >= 4 is 37.8 Å². The number of nitrogens with one attached hydrogen (secondary N) is 1. The molecule has 0 saturated carbocycles. The zero-order valence-electron chi connectivity index (χ0n) is 11.1. The van der Waals surface area contributed by atoms with Crippen molar-refractivity contribution in [1.82, 2.24) is 5.32 Å². The largest absolute Gasteiger partial charge is 0.346 e. The minimum Gasteiger partial charge on any atom is -0.346 e. The van der Waals surface area contributed by atoms with E-state index in [1.807, 2.05) is 58.0 Å². The van der Waals surface area contributed by atoms with Crippen LogP contribution in [0.1, 0.15) is 33.3 Å². The fourth-order valence-corrected chi connectivity index (χ4v) is 1.93. The first-order valence-corrected chi connectivity index (χ1v) is 7.56. The average molecular weight is 377 g/mol. The highest BCUT2D eigenvalue weighted by Crippen LogP contribution is 2.28. The summed E-state index contributed by atoms with van der Waals surface area (Å²) in [6.07, 6.45) is 0. The Bertz CT molecular complexity index is 410. The first-order valence-electron chi connectivity index (χ1n) is 5.85. The molecule has 1 aromatic rings. The molecule has 0 aliphatic heterocycles. The van der Waals surface area contributed by atoms with Crippen molar-refractivity contribution in [3.8, 4) is 0 Å². The highest BCUT2D eigenvalue weighted by Gasteiger charge is 2.33. The van der Waals surface area contributed by atoms with Crippen LogP contribution < -0.4 is 5.32 Å². The van der Waals surface area contributed by atoms with Gasteiger partial charge in [-0.25, -0.2) is 0 Å². The Kier molecular flexibility index (Phi) is 5.01. The Morgan fingerprint density at radius 3 is 2.11 bits per heavy atom. The summed E-state index contributed by atoms with van der Waals surface area (Å²) in [5, 5.41) is 3.06. The van der Waals surface area contributed by atoms with Crippen LogP contribution in [0.5, 0.6) is 0 Å². The Labute approximate surface area is 126 Å².